The summed E-state index contributed by atoms with van der Waals surface area (Å²) in [5, 5.41) is 37.2. The number of fused-ring (bicyclic) bond motifs is 1. The second-order valence-electron chi connectivity index (χ2n) is 11.5. The minimum absolute atomic E-state index is 0.265. The van der Waals surface area contributed by atoms with Gasteiger partial charge in [0.05, 0.1) is 39.7 Å². The standard InChI is InChI=1S/C36H27F3N8/c1-35(2)40-32-9-5-8-28-31(20-21-33(41-35)34(28)32)47-46-30-19-18-29(26-6-3-4-7-27(26)30)45-44-25-16-14-24(15-17-25)43-42-23-12-10-22(11-13-23)36(37,38)39/h3-21,40-41H,1-2H3. The van der Waals surface area contributed by atoms with Crippen LogP contribution in [0.4, 0.5) is 58.7 Å². The van der Waals surface area contributed by atoms with Crippen LogP contribution in [0.2, 0.25) is 0 Å². The molecule has 47 heavy (non-hydrogen) atoms. The molecule has 0 saturated carbocycles. The minimum atomic E-state index is -4.40. The van der Waals surface area contributed by atoms with Gasteiger partial charge in [-0.1, -0.05) is 36.4 Å². The summed E-state index contributed by atoms with van der Waals surface area (Å²) in [7, 11) is 0. The Morgan fingerprint density at radius 2 is 0.894 bits per heavy atom. The Balaban J connectivity index is 1.10. The van der Waals surface area contributed by atoms with Gasteiger partial charge in [-0.3, -0.25) is 0 Å². The monoisotopic (exact) mass is 628 g/mol. The highest BCUT2D eigenvalue weighted by atomic mass is 19.4. The van der Waals surface area contributed by atoms with Crippen molar-refractivity contribution in [3.63, 3.8) is 0 Å². The van der Waals surface area contributed by atoms with Gasteiger partial charge in [-0.05, 0) is 92.7 Å². The molecule has 0 aromatic heterocycles. The van der Waals surface area contributed by atoms with Gasteiger partial charge >= 0.3 is 6.18 Å². The normalized spacial score (nSPS) is 14.3. The van der Waals surface area contributed by atoms with Crippen molar-refractivity contribution in [1.82, 2.24) is 0 Å². The lowest BCUT2D eigenvalue weighted by Crippen LogP contribution is -2.41. The summed E-state index contributed by atoms with van der Waals surface area (Å²) >= 11 is 0. The van der Waals surface area contributed by atoms with E-state index < -0.39 is 11.7 Å². The molecule has 0 fully saturated rings. The van der Waals surface area contributed by atoms with E-state index in [0.717, 1.165) is 50.7 Å². The Morgan fingerprint density at radius 1 is 0.468 bits per heavy atom. The number of hydrogen-bond donors (Lipinski definition) is 2. The van der Waals surface area contributed by atoms with Gasteiger partial charge in [-0.15, -0.1) is 15.3 Å². The SMILES string of the molecule is CC1(C)Nc2cccc3c(N=Nc4ccc(N=Nc5ccc(N=Nc6ccc(C(F)(F)F)cc6)cc5)c5ccccc45)ccc(c23)N1. The van der Waals surface area contributed by atoms with Gasteiger partial charge in [0.2, 0.25) is 0 Å². The van der Waals surface area contributed by atoms with E-state index >= 15 is 0 Å². The van der Waals surface area contributed by atoms with Gasteiger partial charge in [0.25, 0.3) is 0 Å². The Labute approximate surface area is 267 Å². The molecule has 1 aliphatic heterocycles. The van der Waals surface area contributed by atoms with E-state index in [0.29, 0.717) is 28.4 Å². The Kier molecular flexibility index (Phi) is 7.43. The first kappa shape index (κ1) is 29.7. The first-order chi connectivity index (χ1) is 22.6. The predicted molar refractivity (Wildman–Crippen MR) is 180 cm³/mol. The van der Waals surface area contributed by atoms with Crippen LogP contribution in [0.3, 0.4) is 0 Å². The number of nitrogens with zero attached hydrogens (tertiary/aromatic N) is 6. The average Bonchev–Trinajstić information content (AvgIpc) is 3.06. The van der Waals surface area contributed by atoms with Crippen LogP contribution in [-0.2, 0) is 6.18 Å². The van der Waals surface area contributed by atoms with E-state index in [2.05, 4.69) is 67.3 Å². The second kappa shape index (κ2) is 11.8. The van der Waals surface area contributed by atoms with Crippen molar-refractivity contribution >= 4 is 67.0 Å². The summed E-state index contributed by atoms with van der Waals surface area (Å²) in [4.78, 5) is 0. The molecule has 1 heterocycles. The molecular formula is C36H27F3N8. The number of azo groups is 3. The lowest BCUT2D eigenvalue weighted by molar-refractivity contribution is -0.137. The minimum Gasteiger partial charge on any atom is -0.363 e. The Bertz CT molecular complexity index is 2190. The zero-order valence-electron chi connectivity index (χ0n) is 25.3. The van der Waals surface area contributed by atoms with E-state index in [1.54, 1.807) is 24.3 Å². The van der Waals surface area contributed by atoms with Crippen molar-refractivity contribution in [2.24, 2.45) is 30.7 Å². The van der Waals surface area contributed by atoms with E-state index in [1.807, 2.05) is 54.6 Å². The molecule has 0 bridgehead atoms. The van der Waals surface area contributed by atoms with Crippen LogP contribution in [-0.4, -0.2) is 5.66 Å². The predicted octanol–water partition coefficient (Wildman–Crippen LogP) is 12.8. The van der Waals surface area contributed by atoms with Crippen LogP contribution in [0.1, 0.15) is 19.4 Å². The maximum atomic E-state index is 12.8. The summed E-state index contributed by atoms with van der Waals surface area (Å²) in [5.74, 6) is 0. The smallest absolute Gasteiger partial charge is 0.363 e. The largest absolute Gasteiger partial charge is 0.416 e. The summed E-state index contributed by atoms with van der Waals surface area (Å²) in [6.07, 6.45) is -4.40. The summed E-state index contributed by atoms with van der Waals surface area (Å²) in [6, 6.07) is 33.1. The van der Waals surface area contributed by atoms with Crippen LogP contribution in [0, 0.1) is 0 Å². The van der Waals surface area contributed by atoms with E-state index in [9.17, 15) is 13.2 Å². The van der Waals surface area contributed by atoms with Crippen molar-refractivity contribution in [3.05, 3.63) is 121 Å². The lowest BCUT2D eigenvalue weighted by atomic mass is 10.00. The zero-order valence-corrected chi connectivity index (χ0v) is 25.3. The van der Waals surface area contributed by atoms with Gasteiger partial charge in [-0.2, -0.15) is 28.5 Å². The maximum Gasteiger partial charge on any atom is 0.416 e. The van der Waals surface area contributed by atoms with Crippen molar-refractivity contribution in [2.75, 3.05) is 10.6 Å². The van der Waals surface area contributed by atoms with E-state index in [4.69, 9.17) is 0 Å². The molecule has 6 aromatic carbocycles. The third kappa shape index (κ3) is 6.28. The topological polar surface area (TPSA) is 98.2 Å². The number of anilines is 2. The number of halogens is 3. The molecule has 0 saturated heterocycles. The molecule has 8 nitrogen and oxygen atoms in total. The molecule has 7 rings (SSSR count). The summed E-state index contributed by atoms with van der Waals surface area (Å²) < 4.78 is 38.3. The van der Waals surface area contributed by atoms with Gasteiger partial charge in [0.1, 0.15) is 5.66 Å². The zero-order chi connectivity index (χ0) is 32.6. The average molecular weight is 629 g/mol. The Hall–Kier alpha value is -5.97. The number of nitrogens with one attached hydrogen (secondary N) is 2. The van der Waals surface area contributed by atoms with Crippen LogP contribution in [0.15, 0.2) is 146 Å². The molecule has 11 heteroatoms. The van der Waals surface area contributed by atoms with Gasteiger partial charge < -0.3 is 10.6 Å². The first-order valence-corrected chi connectivity index (χ1v) is 14.8. The molecule has 0 aliphatic carbocycles. The summed E-state index contributed by atoms with van der Waals surface area (Å²) in [5.41, 5.74) is 4.69. The quantitative estimate of drug-likeness (QED) is 0.179. The molecule has 6 aromatic rings. The molecule has 2 N–H and O–H groups in total. The van der Waals surface area contributed by atoms with Gasteiger partial charge in [0, 0.05) is 32.9 Å². The number of benzene rings is 6. The molecule has 232 valence electrons. The van der Waals surface area contributed by atoms with Crippen molar-refractivity contribution in [1.29, 1.82) is 0 Å². The lowest BCUT2D eigenvalue weighted by Gasteiger charge is -2.36. The van der Waals surface area contributed by atoms with Crippen LogP contribution in [0.25, 0.3) is 21.5 Å². The van der Waals surface area contributed by atoms with Crippen molar-refractivity contribution in [3.8, 4) is 0 Å². The van der Waals surface area contributed by atoms with Gasteiger partial charge in [0.15, 0.2) is 0 Å². The third-order valence-electron chi connectivity index (χ3n) is 7.65. The number of rotatable bonds is 6. The van der Waals surface area contributed by atoms with Crippen LogP contribution >= 0.6 is 0 Å². The highest BCUT2D eigenvalue weighted by Crippen LogP contribution is 2.42. The first-order valence-electron chi connectivity index (χ1n) is 14.8. The molecule has 0 atom stereocenters. The molecule has 0 radical (unpaired) electrons. The van der Waals surface area contributed by atoms with Gasteiger partial charge in [-0.25, -0.2) is 0 Å². The fourth-order valence-corrected chi connectivity index (χ4v) is 5.47. The number of hydrogen-bond acceptors (Lipinski definition) is 8. The molecule has 0 amide bonds. The van der Waals surface area contributed by atoms with Crippen LogP contribution in [0.5, 0.6) is 0 Å². The Morgan fingerprint density at radius 3 is 1.45 bits per heavy atom. The maximum absolute atomic E-state index is 12.8. The molecule has 0 spiro atoms. The fraction of sp³-hybridized carbons (Fsp3) is 0.111. The highest BCUT2D eigenvalue weighted by Gasteiger charge is 2.30. The van der Waals surface area contributed by atoms with Crippen LogP contribution < -0.4 is 10.6 Å². The highest BCUT2D eigenvalue weighted by molar-refractivity contribution is 6.09. The van der Waals surface area contributed by atoms with E-state index in [-0.39, 0.29) is 5.66 Å². The molecule has 1 aliphatic rings. The molecule has 0 unspecified atom stereocenters. The number of alkyl halides is 3. The second-order valence-corrected chi connectivity index (χ2v) is 11.5. The fourth-order valence-electron chi connectivity index (χ4n) is 5.47. The summed E-state index contributed by atoms with van der Waals surface area (Å²) in [6.45, 7) is 4.19. The van der Waals surface area contributed by atoms with Crippen molar-refractivity contribution < 1.29 is 13.2 Å². The molecular weight excluding hydrogens is 601 g/mol. The van der Waals surface area contributed by atoms with Crippen molar-refractivity contribution in [2.45, 2.75) is 25.7 Å². The third-order valence-corrected chi connectivity index (χ3v) is 7.65. The van der Waals surface area contributed by atoms with E-state index in [1.165, 1.54) is 12.1 Å².